The molecule has 1 amide bonds. The zero-order valence-electron chi connectivity index (χ0n) is 14.5. The molecule has 1 heterocycles. The molecule has 0 bridgehead atoms. The first-order valence-electron chi connectivity index (χ1n) is 8.10. The monoisotopic (exact) mass is 350 g/mol. The summed E-state index contributed by atoms with van der Waals surface area (Å²) in [6, 6.07) is 15.7. The number of hydrogen-bond acceptors (Lipinski definition) is 4. The number of rotatable bonds is 5. The molecule has 26 heavy (non-hydrogen) atoms. The summed E-state index contributed by atoms with van der Waals surface area (Å²) in [5.41, 5.74) is 2.91. The second-order valence-corrected chi connectivity index (χ2v) is 5.92. The van der Waals surface area contributed by atoms with Crippen molar-refractivity contribution in [3.63, 3.8) is 0 Å². The molecule has 0 unspecified atom stereocenters. The molecule has 1 aromatic heterocycles. The number of hydrogen-bond donors (Lipinski definition) is 1. The molecule has 0 radical (unpaired) electrons. The van der Waals surface area contributed by atoms with Crippen molar-refractivity contribution in [3.8, 4) is 0 Å². The third-order valence-electron chi connectivity index (χ3n) is 4.14. The van der Waals surface area contributed by atoms with E-state index in [2.05, 4.69) is 10.4 Å². The van der Waals surface area contributed by atoms with Gasteiger partial charge in [-0.2, -0.15) is 5.10 Å². The number of anilines is 1. The van der Waals surface area contributed by atoms with E-state index in [1.54, 1.807) is 17.7 Å². The molecule has 1 N–H and O–H groups in total. The zero-order chi connectivity index (χ0) is 18.7. The highest BCUT2D eigenvalue weighted by molar-refractivity contribution is 6.07. The maximum absolute atomic E-state index is 12.6. The van der Waals surface area contributed by atoms with Gasteiger partial charge in [0.2, 0.25) is 0 Å². The fourth-order valence-electron chi connectivity index (χ4n) is 2.79. The van der Waals surface area contributed by atoms with Gasteiger partial charge < -0.3 is 5.32 Å². The predicted octanol–water partition coefficient (Wildman–Crippen LogP) is 3.71. The number of nitrogens with one attached hydrogen (secondary N) is 1. The third kappa shape index (κ3) is 3.46. The van der Waals surface area contributed by atoms with Gasteiger partial charge in [-0.1, -0.05) is 42.5 Å². The van der Waals surface area contributed by atoms with E-state index in [1.165, 1.54) is 18.2 Å². The Morgan fingerprint density at radius 2 is 1.77 bits per heavy atom. The van der Waals surface area contributed by atoms with Crippen LogP contribution in [0.1, 0.15) is 27.3 Å². The quantitative estimate of drug-likeness (QED) is 0.561. The Hall–Kier alpha value is -3.48. The number of nitrogens with zero attached hydrogens (tertiary/aromatic N) is 3. The van der Waals surface area contributed by atoms with Crippen LogP contribution >= 0.6 is 0 Å². The number of nitro benzene ring substituents is 1. The standard InChI is InChI=1S/C19H18N4O3/c1-13-18(14(2)22(21-13)12-15-8-4-3-5-9-15)20-19(24)16-10-6-7-11-17(16)23(25)26/h3-11H,12H2,1-2H3,(H,20,24). The summed E-state index contributed by atoms with van der Waals surface area (Å²) >= 11 is 0. The normalized spacial score (nSPS) is 10.5. The Bertz CT molecular complexity index is 964. The molecule has 7 nitrogen and oxygen atoms in total. The van der Waals surface area contributed by atoms with Crippen LogP contribution in [-0.4, -0.2) is 20.6 Å². The maximum atomic E-state index is 12.6. The van der Waals surface area contributed by atoms with Crippen LogP contribution in [0.5, 0.6) is 0 Å². The summed E-state index contributed by atoms with van der Waals surface area (Å²) in [6.07, 6.45) is 0. The van der Waals surface area contributed by atoms with Crippen molar-refractivity contribution < 1.29 is 9.72 Å². The highest BCUT2D eigenvalue weighted by atomic mass is 16.6. The van der Waals surface area contributed by atoms with E-state index in [9.17, 15) is 14.9 Å². The number of aryl methyl sites for hydroxylation is 1. The number of para-hydroxylation sites is 1. The van der Waals surface area contributed by atoms with E-state index in [1.807, 2.05) is 37.3 Å². The zero-order valence-corrected chi connectivity index (χ0v) is 14.5. The van der Waals surface area contributed by atoms with E-state index in [0.29, 0.717) is 17.9 Å². The van der Waals surface area contributed by atoms with Gasteiger partial charge in [-0.05, 0) is 25.5 Å². The van der Waals surface area contributed by atoms with Gasteiger partial charge in [-0.15, -0.1) is 0 Å². The molecule has 0 aliphatic carbocycles. The van der Waals surface area contributed by atoms with Crippen molar-refractivity contribution in [2.24, 2.45) is 0 Å². The number of amides is 1. The molecule has 0 saturated carbocycles. The molecule has 0 aliphatic rings. The summed E-state index contributed by atoms with van der Waals surface area (Å²) in [5, 5.41) is 18.4. The molecule has 7 heteroatoms. The van der Waals surface area contributed by atoms with Crippen molar-refractivity contribution >= 4 is 17.3 Å². The van der Waals surface area contributed by atoms with E-state index < -0.39 is 10.8 Å². The first-order chi connectivity index (χ1) is 12.5. The minimum atomic E-state index is -0.562. The van der Waals surface area contributed by atoms with Crippen molar-refractivity contribution in [2.75, 3.05) is 5.32 Å². The molecule has 0 aliphatic heterocycles. The highest BCUT2D eigenvalue weighted by Gasteiger charge is 2.21. The lowest BCUT2D eigenvalue weighted by Gasteiger charge is -2.08. The lowest BCUT2D eigenvalue weighted by Crippen LogP contribution is -2.15. The van der Waals surface area contributed by atoms with Crippen molar-refractivity contribution in [2.45, 2.75) is 20.4 Å². The third-order valence-corrected chi connectivity index (χ3v) is 4.14. The fourth-order valence-corrected chi connectivity index (χ4v) is 2.79. The lowest BCUT2D eigenvalue weighted by atomic mass is 10.1. The number of carbonyl (C=O) groups excluding carboxylic acids is 1. The Kier molecular flexibility index (Phi) is 4.79. The number of benzene rings is 2. The van der Waals surface area contributed by atoms with Crippen LogP contribution < -0.4 is 5.32 Å². The highest BCUT2D eigenvalue weighted by Crippen LogP contribution is 2.24. The van der Waals surface area contributed by atoms with Gasteiger partial charge >= 0.3 is 0 Å². The molecule has 3 aromatic rings. The average molecular weight is 350 g/mol. The predicted molar refractivity (Wildman–Crippen MR) is 98.3 cm³/mol. The molecule has 132 valence electrons. The van der Waals surface area contributed by atoms with Crippen LogP contribution in [0.25, 0.3) is 0 Å². The summed E-state index contributed by atoms with van der Waals surface area (Å²) in [7, 11) is 0. The van der Waals surface area contributed by atoms with Crippen molar-refractivity contribution in [1.29, 1.82) is 0 Å². The topological polar surface area (TPSA) is 90.1 Å². The van der Waals surface area contributed by atoms with Gasteiger partial charge in [0.05, 0.1) is 28.5 Å². The van der Waals surface area contributed by atoms with E-state index >= 15 is 0 Å². The molecular weight excluding hydrogens is 332 g/mol. The summed E-state index contributed by atoms with van der Waals surface area (Å²) in [4.78, 5) is 23.1. The SMILES string of the molecule is Cc1nn(Cc2ccccc2)c(C)c1NC(=O)c1ccccc1[N+](=O)[O-]. The Morgan fingerprint density at radius 1 is 1.12 bits per heavy atom. The Balaban J connectivity index is 1.87. The van der Waals surface area contributed by atoms with Crippen LogP contribution in [0, 0.1) is 24.0 Å². The van der Waals surface area contributed by atoms with Gasteiger partial charge in [0.15, 0.2) is 0 Å². The Morgan fingerprint density at radius 3 is 2.46 bits per heavy atom. The smallest absolute Gasteiger partial charge is 0.282 e. The fraction of sp³-hybridized carbons (Fsp3) is 0.158. The Labute approximate surface area is 150 Å². The summed E-state index contributed by atoms with van der Waals surface area (Å²) < 4.78 is 1.81. The van der Waals surface area contributed by atoms with E-state index in [0.717, 1.165) is 11.3 Å². The van der Waals surface area contributed by atoms with Gasteiger partial charge in [0.1, 0.15) is 5.56 Å². The first kappa shape index (κ1) is 17.3. The van der Waals surface area contributed by atoms with Crippen LogP contribution in [-0.2, 0) is 6.54 Å². The lowest BCUT2D eigenvalue weighted by molar-refractivity contribution is -0.385. The van der Waals surface area contributed by atoms with Gasteiger partial charge in [0.25, 0.3) is 11.6 Å². The molecule has 3 rings (SSSR count). The maximum Gasteiger partial charge on any atom is 0.282 e. The van der Waals surface area contributed by atoms with Crippen LogP contribution in [0.15, 0.2) is 54.6 Å². The minimum Gasteiger partial charge on any atom is -0.319 e. The molecule has 0 fully saturated rings. The minimum absolute atomic E-state index is 0.0205. The molecule has 0 saturated heterocycles. The number of aromatic nitrogens is 2. The van der Waals surface area contributed by atoms with Crippen LogP contribution in [0.2, 0.25) is 0 Å². The molecule has 2 aromatic carbocycles. The van der Waals surface area contributed by atoms with Gasteiger partial charge in [-0.3, -0.25) is 19.6 Å². The number of carbonyl (C=O) groups is 1. The van der Waals surface area contributed by atoms with Gasteiger partial charge in [-0.25, -0.2) is 0 Å². The van der Waals surface area contributed by atoms with Crippen LogP contribution in [0.4, 0.5) is 11.4 Å². The largest absolute Gasteiger partial charge is 0.319 e. The molecule has 0 spiro atoms. The van der Waals surface area contributed by atoms with Gasteiger partial charge in [0, 0.05) is 6.07 Å². The first-order valence-corrected chi connectivity index (χ1v) is 8.10. The van der Waals surface area contributed by atoms with Crippen LogP contribution in [0.3, 0.4) is 0 Å². The molecular formula is C19H18N4O3. The average Bonchev–Trinajstić information content (AvgIpc) is 2.90. The second-order valence-electron chi connectivity index (χ2n) is 5.92. The summed E-state index contributed by atoms with van der Waals surface area (Å²) in [6.45, 7) is 4.23. The summed E-state index contributed by atoms with van der Waals surface area (Å²) in [5.74, 6) is -0.525. The second kappa shape index (κ2) is 7.18. The van der Waals surface area contributed by atoms with E-state index in [-0.39, 0.29) is 11.3 Å². The van der Waals surface area contributed by atoms with Crippen molar-refractivity contribution in [1.82, 2.24) is 9.78 Å². The number of nitro groups is 1. The van der Waals surface area contributed by atoms with Crippen molar-refractivity contribution in [3.05, 3.63) is 87.2 Å². The molecule has 0 atom stereocenters. The van der Waals surface area contributed by atoms with E-state index in [4.69, 9.17) is 0 Å².